The van der Waals surface area contributed by atoms with E-state index in [-0.39, 0.29) is 11.6 Å². The number of nitrogen functional groups attached to an aromatic ring is 1. The molecule has 4 N–H and O–H groups in total. The Hall–Kier alpha value is -1.75. The smallest absolute Gasteiger partial charge is 0.337 e. The molecule has 1 aliphatic rings. The zero-order chi connectivity index (χ0) is 14.5. The molecule has 2 rings (SSSR count). The van der Waals surface area contributed by atoms with Crippen LogP contribution in [-0.4, -0.2) is 41.7 Å². The molecule has 1 fully saturated rings. The van der Waals surface area contributed by atoms with Crippen molar-refractivity contribution in [3.63, 3.8) is 0 Å². The van der Waals surface area contributed by atoms with Crippen molar-refractivity contribution in [2.75, 3.05) is 30.7 Å². The van der Waals surface area contributed by atoms with Crippen LogP contribution in [0.25, 0.3) is 0 Å². The molecule has 1 atom stereocenters. The summed E-state index contributed by atoms with van der Waals surface area (Å²) in [7, 11) is 0. The summed E-state index contributed by atoms with van der Waals surface area (Å²) < 4.78 is 0. The molecule has 5 nitrogen and oxygen atoms in total. The van der Waals surface area contributed by atoms with Gasteiger partial charge in [-0.25, -0.2) is 4.79 Å². The number of likely N-dealkylation sites (tertiary alicyclic amines) is 1. The molecule has 0 saturated carbocycles. The number of anilines is 2. The lowest BCUT2D eigenvalue weighted by Crippen LogP contribution is -2.38. The van der Waals surface area contributed by atoms with Crippen LogP contribution in [0, 0.1) is 0 Å². The summed E-state index contributed by atoms with van der Waals surface area (Å²) in [5.41, 5.74) is 6.98. The van der Waals surface area contributed by atoms with Gasteiger partial charge in [0.2, 0.25) is 0 Å². The van der Waals surface area contributed by atoms with Crippen LogP contribution in [0.3, 0.4) is 0 Å². The molecule has 1 unspecified atom stereocenters. The number of nitrogens with two attached hydrogens (primary N) is 1. The van der Waals surface area contributed by atoms with Gasteiger partial charge in [-0.2, -0.15) is 0 Å². The molecule has 1 aromatic rings. The number of carboxylic acid groups (broad SMARTS) is 1. The van der Waals surface area contributed by atoms with Crippen molar-refractivity contribution < 1.29 is 9.90 Å². The molecule has 0 aromatic heterocycles. The number of nitrogens with one attached hydrogen (secondary N) is 1. The molecule has 0 spiro atoms. The number of aromatic carboxylic acids is 1. The van der Waals surface area contributed by atoms with Gasteiger partial charge in [-0.15, -0.1) is 0 Å². The molecule has 0 amide bonds. The van der Waals surface area contributed by atoms with Crippen LogP contribution in [-0.2, 0) is 0 Å². The van der Waals surface area contributed by atoms with E-state index >= 15 is 0 Å². The maximum atomic E-state index is 11.2. The first-order chi connectivity index (χ1) is 9.56. The fourth-order valence-electron chi connectivity index (χ4n) is 2.71. The average molecular weight is 277 g/mol. The third-order valence-electron chi connectivity index (χ3n) is 3.66. The highest BCUT2D eigenvalue weighted by Gasteiger charge is 2.16. The summed E-state index contributed by atoms with van der Waals surface area (Å²) in [5.74, 6) is -0.954. The SMILES string of the molecule is CC(CN1CCCCC1)Nc1ccc(N)cc1C(=O)O. The second-order valence-electron chi connectivity index (χ2n) is 5.52. The lowest BCUT2D eigenvalue weighted by Gasteiger charge is -2.30. The zero-order valence-electron chi connectivity index (χ0n) is 11.9. The van der Waals surface area contributed by atoms with E-state index in [0.717, 1.165) is 19.6 Å². The summed E-state index contributed by atoms with van der Waals surface area (Å²) in [4.78, 5) is 13.7. The molecule has 0 aliphatic carbocycles. The number of piperidine rings is 1. The Kier molecular flexibility index (Phi) is 4.84. The van der Waals surface area contributed by atoms with Crippen molar-refractivity contribution in [2.24, 2.45) is 0 Å². The van der Waals surface area contributed by atoms with E-state index in [1.165, 1.54) is 25.3 Å². The lowest BCUT2D eigenvalue weighted by atomic mass is 10.1. The molecule has 20 heavy (non-hydrogen) atoms. The van der Waals surface area contributed by atoms with Crippen LogP contribution < -0.4 is 11.1 Å². The Bertz CT molecular complexity index is 470. The van der Waals surface area contributed by atoms with E-state index in [1.54, 1.807) is 12.1 Å². The summed E-state index contributed by atoms with van der Waals surface area (Å²) in [6.45, 7) is 5.29. The van der Waals surface area contributed by atoms with E-state index in [4.69, 9.17) is 5.73 Å². The Morgan fingerprint density at radius 3 is 2.75 bits per heavy atom. The molecule has 0 radical (unpaired) electrons. The van der Waals surface area contributed by atoms with E-state index in [1.807, 2.05) is 0 Å². The summed E-state index contributed by atoms with van der Waals surface area (Å²) >= 11 is 0. The number of hydrogen-bond donors (Lipinski definition) is 3. The average Bonchev–Trinajstić information content (AvgIpc) is 2.41. The molecular formula is C15H23N3O2. The summed E-state index contributed by atoms with van der Waals surface area (Å²) in [5, 5.41) is 12.5. The predicted molar refractivity (Wildman–Crippen MR) is 81.2 cm³/mol. The Labute approximate surface area is 119 Å². The van der Waals surface area contributed by atoms with E-state index in [0.29, 0.717) is 11.4 Å². The van der Waals surface area contributed by atoms with Crippen LogP contribution in [0.1, 0.15) is 36.5 Å². The van der Waals surface area contributed by atoms with E-state index in [2.05, 4.69) is 17.1 Å². The second-order valence-corrected chi connectivity index (χ2v) is 5.52. The zero-order valence-corrected chi connectivity index (χ0v) is 11.9. The first-order valence-corrected chi connectivity index (χ1v) is 7.18. The molecule has 1 aliphatic heterocycles. The third-order valence-corrected chi connectivity index (χ3v) is 3.66. The van der Waals surface area contributed by atoms with Gasteiger partial charge in [-0.1, -0.05) is 6.42 Å². The summed E-state index contributed by atoms with van der Waals surface area (Å²) in [6, 6.07) is 5.17. The monoisotopic (exact) mass is 277 g/mol. The van der Waals surface area contributed by atoms with Crippen LogP contribution in [0.4, 0.5) is 11.4 Å². The van der Waals surface area contributed by atoms with Gasteiger partial charge >= 0.3 is 5.97 Å². The van der Waals surface area contributed by atoms with Crippen LogP contribution in [0.2, 0.25) is 0 Å². The van der Waals surface area contributed by atoms with Gasteiger partial charge in [0, 0.05) is 24.0 Å². The number of carboxylic acids is 1. The first kappa shape index (κ1) is 14.7. The number of hydrogen-bond acceptors (Lipinski definition) is 4. The number of benzene rings is 1. The van der Waals surface area contributed by atoms with Crippen molar-refractivity contribution in [1.29, 1.82) is 0 Å². The highest BCUT2D eigenvalue weighted by Crippen LogP contribution is 2.20. The van der Waals surface area contributed by atoms with Gasteiger partial charge in [-0.05, 0) is 51.1 Å². The highest BCUT2D eigenvalue weighted by atomic mass is 16.4. The maximum Gasteiger partial charge on any atom is 0.337 e. The van der Waals surface area contributed by atoms with E-state index < -0.39 is 5.97 Å². The molecule has 1 saturated heterocycles. The topological polar surface area (TPSA) is 78.6 Å². The number of nitrogens with zero attached hydrogens (tertiary/aromatic N) is 1. The lowest BCUT2D eigenvalue weighted by molar-refractivity contribution is 0.0698. The summed E-state index contributed by atoms with van der Waals surface area (Å²) in [6.07, 6.45) is 3.84. The molecule has 1 aromatic carbocycles. The second kappa shape index (κ2) is 6.61. The first-order valence-electron chi connectivity index (χ1n) is 7.18. The van der Waals surface area contributed by atoms with Crippen molar-refractivity contribution in [3.05, 3.63) is 23.8 Å². The number of rotatable bonds is 5. The Morgan fingerprint density at radius 2 is 2.10 bits per heavy atom. The van der Waals surface area contributed by atoms with Gasteiger partial charge in [0.15, 0.2) is 0 Å². The van der Waals surface area contributed by atoms with Crippen molar-refractivity contribution in [2.45, 2.75) is 32.2 Å². The van der Waals surface area contributed by atoms with Crippen LogP contribution >= 0.6 is 0 Å². The van der Waals surface area contributed by atoms with Gasteiger partial charge in [0.1, 0.15) is 0 Å². The van der Waals surface area contributed by atoms with Crippen molar-refractivity contribution >= 4 is 17.3 Å². The quantitative estimate of drug-likeness (QED) is 0.719. The van der Waals surface area contributed by atoms with Gasteiger partial charge < -0.3 is 21.1 Å². The van der Waals surface area contributed by atoms with Crippen LogP contribution in [0.15, 0.2) is 18.2 Å². The van der Waals surface area contributed by atoms with Gasteiger partial charge in [0.25, 0.3) is 0 Å². The Balaban J connectivity index is 1.99. The highest BCUT2D eigenvalue weighted by molar-refractivity contribution is 5.95. The Morgan fingerprint density at radius 1 is 1.40 bits per heavy atom. The van der Waals surface area contributed by atoms with Gasteiger partial charge in [0.05, 0.1) is 5.56 Å². The standard InChI is InChI=1S/C15H23N3O2/c1-11(10-18-7-3-2-4-8-18)17-14-6-5-12(16)9-13(14)15(19)20/h5-6,9,11,17H,2-4,7-8,10,16H2,1H3,(H,19,20). The van der Waals surface area contributed by atoms with Gasteiger partial charge in [-0.3, -0.25) is 0 Å². The fraction of sp³-hybridized carbons (Fsp3) is 0.533. The third kappa shape index (κ3) is 3.87. The minimum absolute atomic E-state index is 0.204. The van der Waals surface area contributed by atoms with E-state index in [9.17, 15) is 9.90 Å². The molecule has 5 heteroatoms. The van der Waals surface area contributed by atoms with Crippen LogP contribution in [0.5, 0.6) is 0 Å². The van der Waals surface area contributed by atoms with Crippen molar-refractivity contribution in [3.8, 4) is 0 Å². The predicted octanol–water partition coefficient (Wildman–Crippen LogP) is 2.25. The fourth-order valence-corrected chi connectivity index (χ4v) is 2.71. The number of carbonyl (C=O) groups is 1. The molecular weight excluding hydrogens is 254 g/mol. The normalized spacial score (nSPS) is 17.6. The largest absolute Gasteiger partial charge is 0.478 e. The van der Waals surface area contributed by atoms with Crippen molar-refractivity contribution in [1.82, 2.24) is 4.90 Å². The maximum absolute atomic E-state index is 11.2. The molecule has 1 heterocycles. The molecule has 110 valence electrons. The minimum atomic E-state index is -0.954. The molecule has 0 bridgehead atoms. The minimum Gasteiger partial charge on any atom is -0.478 e.